The van der Waals surface area contributed by atoms with Crippen LogP contribution >= 0.6 is 0 Å². The highest BCUT2D eigenvalue weighted by molar-refractivity contribution is 5.92. The van der Waals surface area contributed by atoms with Gasteiger partial charge in [-0.2, -0.15) is 0 Å². The van der Waals surface area contributed by atoms with Crippen molar-refractivity contribution in [2.45, 2.75) is 18.9 Å². The van der Waals surface area contributed by atoms with Crippen LogP contribution in [0.15, 0.2) is 43.2 Å². The maximum absolute atomic E-state index is 12.7. The normalized spacial score (nSPS) is 18.0. The minimum Gasteiger partial charge on any atom is -0.329 e. The molecule has 1 fully saturated rings. The van der Waals surface area contributed by atoms with E-state index >= 15 is 0 Å². The van der Waals surface area contributed by atoms with E-state index in [1.807, 2.05) is 21.6 Å². The first-order valence-electron chi connectivity index (χ1n) is 7.19. The van der Waals surface area contributed by atoms with Gasteiger partial charge in [-0.25, -0.2) is 15.0 Å². The van der Waals surface area contributed by atoms with Crippen LogP contribution in [0.2, 0.25) is 0 Å². The van der Waals surface area contributed by atoms with Gasteiger partial charge < -0.3 is 4.90 Å². The minimum atomic E-state index is -0.0827. The lowest BCUT2D eigenvalue weighted by atomic mass is 10.1. The quantitative estimate of drug-likeness (QED) is 0.716. The number of amides is 1. The summed E-state index contributed by atoms with van der Waals surface area (Å²) in [6.07, 6.45) is 11.8. The number of rotatable bonds is 2. The van der Waals surface area contributed by atoms with Crippen LogP contribution in [0.1, 0.15) is 35.1 Å². The molecule has 22 heavy (non-hydrogen) atoms. The summed E-state index contributed by atoms with van der Waals surface area (Å²) in [5.74, 6) is 0.567. The molecule has 0 radical (unpaired) electrons. The zero-order chi connectivity index (χ0) is 14.9. The van der Waals surface area contributed by atoms with E-state index in [4.69, 9.17) is 0 Å². The molecular formula is C15H14N6O. The zero-order valence-electron chi connectivity index (χ0n) is 11.8. The molecule has 1 aliphatic heterocycles. The van der Waals surface area contributed by atoms with Gasteiger partial charge in [-0.15, -0.1) is 0 Å². The highest BCUT2D eigenvalue weighted by Gasteiger charge is 2.32. The molecule has 3 aromatic heterocycles. The van der Waals surface area contributed by atoms with Crippen LogP contribution in [0.5, 0.6) is 0 Å². The van der Waals surface area contributed by atoms with Crippen LogP contribution in [0.25, 0.3) is 5.78 Å². The lowest BCUT2D eigenvalue weighted by Crippen LogP contribution is -2.32. The molecule has 7 heteroatoms. The Bertz CT molecular complexity index is 815. The molecule has 0 saturated carbocycles. The Morgan fingerprint density at radius 2 is 2.05 bits per heavy atom. The van der Waals surface area contributed by atoms with Crippen molar-refractivity contribution in [2.75, 3.05) is 6.54 Å². The Kier molecular flexibility index (Phi) is 3.03. The average Bonchev–Trinajstić information content (AvgIpc) is 3.23. The van der Waals surface area contributed by atoms with Gasteiger partial charge >= 0.3 is 0 Å². The number of nitrogens with zero attached hydrogens (tertiary/aromatic N) is 6. The predicted octanol–water partition coefficient (Wildman–Crippen LogP) is 1.50. The monoisotopic (exact) mass is 294 g/mol. The molecule has 3 aromatic rings. The molecule has 0 spiro atoms. The lowest BCUT2D eigenvalue weighted by molar-refractivity contribution is 0.0725. The van der Waals surface area contributed by atoms with Gasteiger partial charge in [0.05, 0.1) is 12.2 Å². The highest BCUT2D eigenvalue weighted by Crippen LogP contribution is 2.32. The maximum Gasteiger partial charge on any atom is 0.274 e. The summed E-state index contributed by atoms with van der Waals surface area (Å²) in [5.41, 5.74) is 1.41. The zero-order valence-corrected chi connectivity index (χ0v) is 11.8. The van der Waals surface area contributed by atoms with Gasteiger partial charge in [0.25, 0.3) is 5.91 Å². The molecule has 7 nitrogen and oxygen atoms in total. The van der Waals surface area contributed by atoms with Crippen molar-refractivity contribution in [1.29, 1.82) is 0 Å². The van der Waals surface area contributed by atoms with Crippen molar-refractivity contribution >= 4 is 11.7 Å². The van der Waals surface area contributed by atoms with Crippen molar-refractivity contribution in [3.05, 3.63) is 54.6 Å². The maximum atomic E-state index is 12.7. The Morgan fingerprint density at radius 3 is 2.91 bits per heavy atom. The molecule has 0 aromatic carbocycles. The largest absolute Gasteiger partial charge is 0.329 e. The first kappa shape index (κ1) is 12.9. The first-order chi connectivity index (χ1) is 10.8. The highest BCUT2D eigenvalue weighted by atomic mass is 16.2. The third-order valence-electron chi connectivity index (χ3n) is 3.97. The topological polar surface area (TPSA) is 76.3 Å². The fourth-order valence-corrected chi connectivity index (χ4v) is 3.00. The molecule has 0 unspecified atom stereocenters. The van der Waals surface area contributed by atoms with E-state index in [0.29, 0.717) is 11.5 Å². The van der Waals surface area contributed by atoms with E-state index in [-0.39, 0.29) is 11.9 Å². The average molecular weight is 294 g/mol. The molecule has 0 N–H and O–H groups in total. The first-order valence-corrected chi connectivity index (χ1v) is 7.19. The van der Waals surface area contributed by atoms with Crippen LogP contribution in [0.4, 0.5) is 0 Å². The number of likely N-dealkylation sites (tertiary alicyclic amines) is 1. The van der Waals surface area contributed by atoms with Crippen LogP contribution in [0.3, 0.4) is 0 Å². The summed E-state index contributed by atoms with van der Waals surface area (Å²) >= 11 is 0. The van der Waals surface area contributed by atoms with E-state index < -0.39 is 0 Å². The fourth-order valence-electron chi connectivity index (χ4n) is 3.00. The van der Waals surface area contributed by atoms with Crippen molar-refractivity contribution in [2.24, 2.45) is 0 Å². The van der Waals surface area contributed by atoms with Gasteiger partial charge in [0.15, 0.2) is 0 Å². The van der Waals surface area contributed by atoms with Gasteiger partial charge in [-0.1, -0.05) is 0 Å². The number of carbonyl (C=O) groups is 1. The Balaban J connectivity index is 1.72. The van der Waals surface area contributed by atoms with E-state index in [0.717, 1.165) is 25.1 Å². The molecule has 4 rings (SSSR count). The molecule has 0 aliphatic carbocycles. The number of hydrogen-bond acceptors (Lipinski definition) is 5. The molecule has 1 aliphatic rings. The Morgan fingerprint density at radius 1 is 1.14 bits per heavy atom. The summed E-state index contributed by atoms with van der Waals surface area (Å²) in [5, 5.41) is 0. The standard InChI is InChI=1S/C15H14N6O/c22-14(11-10-16-5-6-17-11)20-8-1-2-12(20)13-3-4-18-15-19-7-9-21(13)15/h3-7,9-10,12H,1-2,8H2/t12-/m0/s1. The third kappa shape index (κ3) is 2.02. The van der Waals surface area contributed by atoms with Crippen LogP contribution in [0, 0.1) is 0 Å². The minimum absolute atomic E-state index is 0.00852. The van der Waals surface area contributed by atoms with E-state index in [2.05, 4.69) is 19.9 Å². The number of fused-ring (bicyclic) bond motifs is 1. The Hall–Kier alpha value is -2.83. The summed E-state index contributed by atoms with van der Waals surface area (Å²) in [6.45, 7) is 0.721. The second-order valence-electron chi connectivity index (χ2n) is 5.21. The van der Waals surface area contributed by atoms with Gasteiger partial charge in [0.2, 0.25) is 5.78 Å². The van der Waals surface area contributed by atoms with E-state index in [1.54, 1.807) is 24.8 Å². The Labute approximate surface area is 126 Å². The molecule has 0 bridgehead atoms. The third-order valence-corrected chi connectivity index (χ3v) is 3.97. The van der Waals surface area contributed by atoms with Crippen molar-refractivity contribution < 1.29 is 4.79 Å². The van der Waals surface area contributed by atoms with E-state index in [9.17, 15) is 4.79 Å². The summed E-state index contributed by atoms with van der Waals surface area (Å²) in [6, 6.07) is 1.95. The molecule has 1 saturated heterocycles. The van der Waals surface area contributed by atoms with Gasteiger partial charge in [-0.05, 0) is 18.9 Å². The number of hydrogen-bond donors (Lipinski definition) is 0. The van der Waals surface area contributed by atoms with Gasteiger partial charge in [0.1, 0.15) is 5.69 Å². The van der Waals surface area contributed by atoms with Gasteiger partial charge in [-0.3, -0.25) is 14.2 Å². The molecule has 1 amide bonds. The lowest BCUT2D eigenvalue weighted by Gasteiger charge is -2.25. The molecule has 1 atom stereocenters. The van der Waals surface area contributed by atoms with Crippen molar-refractivity contribution in [3.63, 3.8) is 0 Å². The number of imidazole rings is 1. The second-order valence-corrected chi connectivity index (χ2v) is 5.21. The van der Waals surface area contributed by atoms with Crippen molar-refractivity contribution in [1.82, 2.24) is 29.2 Å². The summed E-state index contributed by atoms with van der Waals surface area (Å²) in [4.78, 5) is 31.1. The fraction of sp³-hybridized carbons (Fsp3) is 0.267. The molecule has 110 valence electrons. The van der Waals surface area contributed by atoms with E-state index in [1.165, 1.54) is 6.20 Å². The van der Waals surface area contributed by atoms with Crippen LogP contribution in [-0.2, 0) is 0 Å². The van der Waals surface area contributed by atoms with Crippen LogP contribution in [-0.4, -0.2) is 41.7 Å². The predicted molar refractivity (Wildman–Crippen MR) is 78.0 cm³/mol. The SMILES string of the molecule is O=C(c1cnccn1)N1CCC[C@H]1c1ccnc2nccn12. The summed E-state index contributed by atoms with van der Waals surface area (Å²) in [7, 11) is 0. The number of aromatic nitrogens is 5. The van der Waals surface area contributed by atoms with Crippen LogP contribution < -0.4 is 0 Å². The smallest absolute Gasteiger partial charge is 0.274 e. The van der Waals surface area contributed by atoms with Gasteiger partial charge in [0, 0.05) is 43.2 Å². The molecule has 4 heterocycles. The summed E-state index contributed by atoms with van der Waals surface area (Å²) < 4.78 is 1.94. The number of carbonyl (C=O) groups excluding carboxylic acids is 1. The molecular weight excluding hydrogens is 280 g/mol. The van der Waals surface area contributed by atoms with Crippen molar-refractivity contribution in [3.8, 4) is 0 Å². The second kappa shape index (κ2) is 5.18.